The maximum absolute atomic E-state index is 12.3. The van der Waals surface area contributed by atoms with E-state index in [2.05, 4.69) is 43.4 Å². The second-order valence-electron chi connectivity index (χ2n) is 5.72. The van der Waals surface area contributed by atoms with Gasteiger partial charge in [-0.25, -0.2) is 4.68 Å². The number of aromatic nitrogens is 4. The number of carbonyl (C=O) groups is 1. The molecule has 7 heteroatoms. The largest absolute Gasteiger partial charge is 0.322 e. The Balaban J connectivity index is 1.57. The van der Waals surface area contributed by atoms with Crippen molar-refractivity contribution in [2.75, 3.05) is 5.32 Å². The van der Waals surface area contributed by atoms with Gasteiger partial charge in [-0.1, -0.05) is 12.1 Å². The number of halogens is 1. The van der Waals surface area contributed by atoms with Crippen LogP contribution in [0.15, 0.2) is 48.5 Å². The van der Waals surface area contributed by atoms with Crippen LogP contribution in [0.4, 0.5) is 5.69 Å². The maximum Gasteiger partial charge on any atom is 0.255 e. The summed E-state index contributed by atoms with van der Waals surface area (Å²) >= 11 is 2.21. The van der Waals surface area contributed by atoms with E-state index in [1.807, 2.05) is 53.2 Å². The molecule has 1 heterocycles. The molecule has 3 aromatic rings. The smallest absolute Gasteiger partial charge is 0.255 e. The van der Waals surface area contributed by atoms with Crippen molar-refractivity contribution in [3.05, 3.63) is 57.7 Å². The molecule has 1 N–H and O–H groups in total. The van der Waals surface area contributed by atoms with Crippen LogP contribution in [0, 0.1) is 3.57 Å². The molecule has 0 spiro atoms. The van der Waals surface area contributed by atoms with E-state index >= 15 is 0 Å². The molecule has 0 aliphatic heterocycles. The predicted molar refractivity (Wildman–Crippen MR) is 98.6 cm³/mol. The molecule has 1 aliphatic carbocycles. The van der Waals surface area contributed by atoms with Crippen LogP contribution in [0.1, 0.15) is 29.2 Å². The van der Waals surface area contributed by atoms with E-state index < -0.39 is 0 Å². The number of carbonyl (C=O) groups excluding carboxylic acids is 1. The van der Waals surface area contributed by atoms with Crippen molar-refractivity contribution in [2.45, 2.75) is 18.9 Å². The van der Waals surface area contributed by atoms with Gasteiger partial charge in [0.05, 0.1) is 6.04 Å². The van der Waals surface area contributed by atoms with Gasteiger partial charge in [-0.2, -0.15) is 0 Å². The summed E-state index contributed by atoms with van der Waals surface area (Å²) in [6.07, 6.45) is 2.22. The van der Waals surface area contributed by atoms with E-state index in [4.69, 9.17) is 0 Å². The van der Waals surface area contributed by atoms with Gasteiger partial charge in [0.15, 0.2) is 5.82 Å². The van der Waals surface area contributed by atoms with Gasteiger partial charge in [0.2, 0.25) is 0 Å². The minimum Gasteiger partial charge on any atom is -0.322 e. The number of nitrogens with one attached hydrogen (secondary N) is 1. The Bertz CT molecular complexity index is 886. The zero-order valence-electron chi connectivity index (χ0n) is 12.7. The fourth-order valence-electron chi connectivity index (χ4n) is 2.49. The van der Waals surface area contributed by atoms with Gasteiger partial charge in [-0.3, -0.25) is 4.79 Å². The second kappa shape index (κ2) is 6.31. The van der Waals surface area contributed by atoms with Crippen molar-refractivity contribution in [2.24, 2.45) is 0 Å². The number of rotatable bonds is 4. The lowest BCUT2D eigenvalue weighted by Gasteiger charge is -2.08. The number of tetrazole rings is 1. The Labute approximate surface area is 152 Å². The molecule has 1 amide bonds. The van der Waals surface area contributed by atoms with Crippen molar-refractivity contribution in [1.29, 1.82) is 0 Å². The summed E-state index contributed by atoms with van der Waals surface area (Å²) in [5.41, 5.74) is 2.25. The highest BCUT2D eigenvalue weighted by Crippen LogP contribution is 2.36. The molecular formula is C17H14IN5O. The van der Waals surface area contributed by atoms with E-state index in [0.717, 1.165) is 33.5 Å². The summed E-state index contributed by atoms with van der Waals surface area (Å²) in [4.78, 5) is 12.3. The van der Waals surface area contributed by atoms with Gasteiger partial charge < -0.3 is 5.32 Å². The molecule has 0 atom stereocenters. The third-order valence-electron chi connectivity index (χ3n) is 3.87. The van der Waals surface area contributed by atoms with Crippen molar-refractivity contribution >= 4 is 34.2 Å². The average Bonchev–Trinajstić information content (AvgIpc) is 3.32. The van der Waals surface area contributed by atoms with Gasteiger partial charge >= 0.3 is 0 Å². The van der Waals surface area contributed by atoms with E-state index in [9.17, 15) is 4.79 Å². The standard InChI is InChI=1S/C17H14IN5O/c18-13-6-4-11(5-7-13)17(24)19-14-3-1-2-12(10-14)16-20-21-22-23(16)15-8-9-15/h1-7,10,15H,8-9H2,(H,19,24). The number of amides is 1. The highest BCUT2D eigenvalue weighted by molar-refractivity contribution is 14.1. The molecular weight excluding hydrogens is 417 g/mol. The Morgan fingerprint density at radius 2 is 1.96 bits per heavy atom. The van der Waals surface area contributed by atoms with Gasteiger partial charge in [0.25, 0.3) is 5.91 Å². The number of hydrogen-bond acceptors (Lipinski definition) is 4. The highest BCUT2D eigenvalue weighted by Gasteiger charge is 2.28. The zero-order valence-corrected chi connectivity index (χ0v) is 14.8. The molecule has 6 nitrogen and oxygen atoms in total. The Morgan fingerprint density at radius 1 is 1.17 bits per heavy atom. The minimum atomic E-state index is -0.134. The molecule has 0 unspecified atom stereocenters. The summed E-state index contributed by atoms with van der Waals surface area (Å²) in [6.45, 7) is 0. The Kier molecular flexibility index (Phi) is 4.01. The molecule has 1 saturated carbocycles. The quantitative estimate of drug-likeness (QED) is 0.642. The van der Waals surface area contributed by atoms with Crippen LogP contribution in [0.3, 0.4) is 0 Å². The van der Waals surface area contributed by atoms with E-state index in [1.165, 1.54) is 0 Å². The van der Waals surface area contributed by atoms with Crippen molar-refractivity contribution < 1.29 is 4.79 Å². The van der Waals surface area contributed by atoms with Crippen LogP contribution in [0.2, 0.25) is 0 Å². The molecule has 120 valence electrons. The van der Waals surface area contributed by atoms with E-state index in [1.54, 1.807) is 0 Å². The maximum atomic E-state index is 12.3. The third kappa shape index (κ3) is 3.16. The first-order valence-electron chi connectivity index (χ1n) is 7.66. The number of anilines is 1. The number of benzene rings is 2. The molecule has 0 bridgehead atoms. The highest BCUT2D eigenvalue weighted by atomic mass is 127. The summed E-state index contributed by atoms with van der Waals surface area (Å²) in [5, 5.41) is 14.9. The van der Waals surface area contributed by atoms with Crippen LogP contribution >= 0.6 is 22.6 Å². The number of nitrogens with zero attached hydrogens (tertiary/aromatic N) is 4. The van der Waals surface area contributed by atoms with E-state index in [-0.39, 0.29) is 5.91 Å². The van der Waals surface area contributed by atoms with Crippen LogP contribution in [0.25, 0.3) is 11.4 Å². The lowest BCUT2D eigenvalue weighted by molar-refractivity contribution is 0.102. The Hall–Kier alpha value is -2.29. The normalized spacial score (nSPS) is 13.7. The van der Waals surface area contributed by atoms with Crippen molar-refractivity contribution in [3.8, 4) is 11.4 Å². The molecule has 0 saturated heterocycles. The van der Waals surface area contributed by atoms with Gasteiger partial charge in [0.1, 0.15) is 0 Å². The SMILES string of the molecule is O=C(Nc1cccc(-c2nnnn2C2CC2)c1)c1ccc(I)cc1. The van der Waals surface area contributed by atoms with Gasteiger partial charge in [0, 0.05) is 20.4 Å². The molecule has 2 aromatic carbocycles. The molecule has 1 aliphatic rings. The first-order chi connectivity index (χ1) is 11.7. The lowest BCUT2D eigenvalue weighted by atomic mass is 10.1. The van der Waals surface area contributed by atoms with E-state index in [0.29, 0.717) is 11.6 Å². The minimum absolute atomic E-state index is 0.134. The first kappa shape index (κ1) is 15.3. The van der Waals surface area contributed by atoms with Crippen molar-refractivity contribution in [3.63, 3.8) is 0 Å². The predicted octanol–water partition coefficient (Wildman–Crippen LogP) is 3.53. The molecule has 4 rings (SSSR count). The Morgan fingerprint density at radius 3 is 2.71 bits per heavy atom. The molecule has 1 fully saturated rings. The topological polar surface area (TPSA) is 72.7 Å². The van der Waals surface area contributed by atoms with Crippen LogP contribution < -0.4 is 5.32 Å². The summed E-state index contributed by atoms with van der Waals surface area (Å²) in [7, 11) is 0. The molecule has 1 aromatic heterocycles. The average molecular weight is 431 g/mol. The zero-order chi connectivity index (χ0) is 16.5. The van der Waals surface area contributed by atoms with Crippen molar-refractivity contribution in [1.82, 2.24) is 20.2 Å². The van der Waals surface area contributed by atoms with Crippen LogP contribution in [-0.4, -0.2) is 26.1 Å². The second-order valence-corrected chi connectivity index (χ2v) is 6.97. The fraction of sp³-hybridized carbons (Fsp3) is 0.176. The van der Waals surface area contributed by atoms with Crippen LogP contribution in [-0.2, 0) is 0 Å². The monoisotopic (exact) mass is 431 g/mol. The first-order valence-corrected chi connectivity index (χ1v) is 8.74. The third-order valence-corrected chi connectivity index (χ3v) is 4.59. The fourth-order valence-corrected chi connectivity index (χ4v) is 2.85. The number of hydrogen-bond donors (Lipinski definition) is 1. The summed E-state index contributed by atoms with van der Waals surface area (Å²) in [5.74, 6) is 0.605. The summed E-state index contributed by atoms with van der Waals surface area (Å²) in [6, 6.07) is 15.5. The van der Waals surface area contributed by atoms with Gasteiger partial charge in [-0.15, -0.1) is 5.10 Å². The van der Waals surface area contributed by atoms with Gasteiger partial charge in [-0.05, 0) is 82.3 Å². The molecule has 24 heavy (non-hydrogen) atoms. The molecule has 0 radical (unpaired) electrons. The summed E-state index contributed by atoms with van der Waals surface area (Å²) < 4.78 is 2.96. The van der Waals surface area contributed by atoms with Crippen LogP contribution in [0.5, 0.6) is 0 Å². The lowest BCUT2D eigenvalue weighted by Crippen LogP contribution is -2.11.